The monoisotopic (exact) mass is 333 g/mol. The fourth-order valence-corrected chi connectivity index (χ4v) is 2.83. The first kappa shape index (κ1) is 12.6. The lowest BCUT2D eigenvalue weighted by Crippen LogP contribution is -1.99. The lowest BCUT2D eigenvalue weighted by molar-refractivity contribution is 0.787. The van der Waals surface area contributed by atoms with Crippen LogP contribution in [0.2, 0.25) is 0 Å². The number of aromatic amines is 1. The minimum absolute atomic E-state index is 0.642. The first-order valence-electron chi connectivity index (χ1n) is 5.93. The van der Waals surface area contributed by atoms with Crippen LogP contribution in [0.5, 0.6) is 0 Å². The molecule has 0 bridgehead atoms. The van der Waals surface area contributed by atoms with Crippen molar-refractivity contribution in [1.82, 2.24) is 14.8 Å². The molecule has 1 N–H and O–H groups in total. The third-order valence-electron chi connectivity index (χ3n) is 3.17. The number of hydrogen-bond donors (Lipinski definition) is 1. The molecule has 0 radical (unpaired) electrons. The lowest BCUT2D eigenvalue weighted by atomic mass is 10.0. The Hall–Kier alpha value is -1.46. The van der Waals surface area contributed by atoms with E-state index in [9.17, 15) is 0 Å². The summed E-state index contributed by atoms with van der Waals surface area (Å²) in [6.07, 6.45) is 1.73. The number of benzene rings is 2. The van der Waals surface area contributed by atoms with Gasteiger partial charge in [0.25, 0.3) is 0 Å². The molecule has 96 valence electrons. The normalized spacial score (nSPS) is 11.1. The summed E-state index contributed by atoms with van der Waals surface area (Å²) in [6.45, 7) is 2.83. The zero-order valence-electron chi connectivity index (χ0n) is 10.4. The molecule has 0 aliphatic carbocycles. The average Bonchev–Trinajstić information content (AvgIpc) is 2.78. The predicted molar refractivity (Wildman–Crippen MR) is 82.9 cm³/mol. The van der Waals surface area contributed by atoms with E-state index in [2.05, 4.69) is 63.4 Å². The number of rotatable bonds is 2. The maximum absolute atomic E-state index is 5.19. The van der Waals surface area contributed by atoms with Crippen molar-refractivity contribution in [3.8, 4) is 0 Å². The SMILES string of the molecule is Cc1ccc2c(Br)ccc(Cn3cn[nH]c3=S)c2c1. The van der Waals surface area contributed by atoms with Gasteiger partial charge >= 0.3 is 0 Å². The molecule has 0 saturated carbocycles. The summed E-state index contributed by atoms with van der Waals surface area (Å²) in [5.41, 5.74) is 2.49. The molecule has 0 aliphatic heterocycles. The molecule has 0 saturated heterocycles. The quantitative estimate of drug-likeness (QED) is 0.712. The van der Waals surface area contributed by atoms with E-state index in [0.717, 1.165) is 11.0 Å². The summed E-state index contributed by atoms with van der Waals surface area (Å²) in [5.74, 6) is 0. The molecule has 1 aromatic heterocycles. The minimum atomic E-state index is 0.642. The van der Waals surface area contributed by atoms with Gasteiger partial charge in [-0.2, -0.15) is 5.10 Å². The van der Waals surface area contributed by atoms with Crippen LogP contribution >= 0.6 is 28.1 Å². The van der Waals surface area contributed by atoms with Crippen molar-refractivity contribution in [1.29, 1.82) is 0 Å². The molecule has 5 heteroatoms. The first-order valence-corrected chi connectivity index (χ1v) is 7.13. The highest BCUT2D eigenvalue weighted by molar-refractivity contribution is 9.10. The molecule has 0 aliphatic rings. The number of hydrogen-bond acceptors (Lipinski definition) is 2. The summed E-state index contributed by atoms with van der Waals surface area (Å²) in [7, 11) is 0. The van der Waals surface area contributed by atoms with E-state index in [0.29, 0.717) is 4.77 Å². The van der Waals surface area contributed by atoms with Crippen molar-refractivity contribution in [2.24, 2.45) is 0 Å². The number of fused-ring (bicyclic) bond motifs is 1. The molecule has 0 atom stereocenters. The van der Waals surface area contributed by atoms with Gasteiger partial charge in [-0.1, -0.05) is 45.8 Å². The van der Waals surface area contributed by atoms with Crippen LogP contribution in [0.3, 0.4) is 0 Å². The van der Waals surface area contributed by atoms with Crippen LogP contribution in [0.1, 0.15) is 11.1 Å². The third kappa shape index (κ3) is 2.35. The van der Waals surface area contributed by atoms with Crippen molar-refractivity contribution < 1.29 is 0 Å². The van der Waals surface area contributed by atoms with Crippen LogP contribution in [0, 0.1) is 11.7 Å². The van der Waals surface area contributed by atoms with Gasteiger partial charge in [-0.05, 0) is 41.5 Å². The van der Waals surface area contributed by atoms with Crippen LogP contribution in [-0.2, 0) is 6.54 Å². The first-order chi connectivity index (χ1) is 9.15. The van der Waals surface area contributed by atoms with Gasteiger partial charge in [-0.25, -0.2) is 0 Å². The second-order valence-electron chi connectivity index (χ2n) is 4.54. The van der Waals surface area contributed by atoms with Gasteiger partial charge in [-0.3, -0.25) is 5.10 Å². The Morgan fingerprint density at radius 2 is 2.11 bits per heavy atom. The second kappa shape index (κ2) is 4.90. The molecule has 1 heterocycles. The molecule has 3 aromatic rings. The smallest absolute Gasteiger partial charge is 0.195 e. The molecule has 0 spiro atoms. The van der Waals surface area contributed by atoms with E-state index < -0.39 is 0 Å². The Morgan fingerprint density at radius 1 is 1.26 bits per heavy atom. The lowest BCUT2D eigenvalue weighted by Gasteiger charge is -2.09. The number of nitrogens with one attached hydrogen (secondary N) is 1. The van der Waals surface area contributed by atoms with E-state index in [4.69, 9.17) is 12.2 Å². The molecular formula is C14H12BrN3S. The summed E-state index contributed by atoms with van der Waals surface area (Å²) in [6, 6.07) is 10.7. The summed E-state index contributed by atoms with van der Waals surface area (Å²) in [4.78, 5) is 0. The largest absolute Gasteiger partial charge is 0.302 e. The zero-order chi connectivity index (χ0) is 13.4. The maximum Gasteiger partial charge on any atom is 0.195 e. The van der Waals surface area contributed by atoms with Gasteiger partial charge in [0, 0.05) is 4.47 Å². The molecule has 19 heavy (non-hydrogen) atoms. The highest BCUT2D eigenvalue weighted by Gasteiger charge is 2.06. The van der Waals surface area contributed by atoms with E-state index in [1.165, 1.54) is 21.9 Å². The molecule has 2 aromatic carbocycles. The molecule has 0 unspecified atom stereocenters. The van der Waals surface area contributed by atoms with Crippen molar-refractivity contribution >= 4 is 38.9 Å². The Bertz CT molecular complexity index is 804. The Morgan fingerprint density at radius 3 is 2.84 bits per heavy atom. The van der Waals surface area contributed by atoms with E-state index in [-0.39, 0.29) is 0 Å². The number of nitrogens with zero attached hydrogens (tertiary/aromatic N) is 2. The second-order valence-corrected chi connectivity index (χ2v) is 5.79. The van der Waals surface area contributed by atoms with Crippen LogP contribution in [0.4, 0.5) is 0 Å². The molecule has 3 nitrogen and oxygen atoms in total. The number of halogens is 1. The predicted octanol–water partition coefficient (Wildman–Crippen LogP) is 4.21. The highest BCUT2D eigenvalue weighted by atomic mass is 79.9. The Balaban J connectivity index is 2.19. The standard InChI is InChI=1S/C14H12BrN3S/c1-9-2-4-11-12(6-9)10(3-5-13(11)15)7-18-8-16-17-14(18)19/h2-6,8H,7H2,1H3,(H,17,19). The van der Waals surface area contributed by atoms with Crippen LogP contribution in [0.15, 0.2) is 41.1 Å². The van der Waals surface area contributed by atoms with Crippen molar-refractivity contribution in [3.63, 3.8) is 0 Å². The minimum Gasteiger partial charge on any atom is -0.302 e. The van der Waals surface area contributed by atoms with Gasteiger partial charge in [0.15, 0.2) is 4.77 Å². The van der Waals surface area contributed by atoms with Gasteiger partial charge in [0.2, 0.25) is 0 Å². The third-order valence-corrected chi connectivity index (χ3v) is 4.19. The molecule has 3 rings (SSSR count). The van der Waals surface area contributed by atoms with Gasteiger partial charge in [-0.15, -0.1) is 0 Å². The summed E-state index contributed by atoms with van der Waals surface area (Å²) < 4.78 is 3.69. The highest BCUT2D eigenvalue weighted by Crippen LogP contribution is 2.28. The van der Waals surface area contributed by atoms with Crippen molar-refractivity contribution in [2.75, 3.05) is 0 Å². The van der Waals surface area contributed by atoms with E-state index in [1.54, 1.807) is 6.33 Å². The van der Waals surface area contributed by atoms with Gasteiger partial charge in [0.1, 0.15) is 6.33 Å². The van der Waals surface area contributed by atoms with Crippen LogP contribution in [0.25, 0.3) is 10.8 Å². The van der Waals surface area contributed by atoms with Crippen LogP contribution in [-0.4, -0.2) is 14.8 Å². The summed E-state index contributed by atoms with van der Waals surface area (Å²) >= 11 is 8.80. The zero-order valence-corrected chi connectivity index (χ0v) is 12.8. The van der Waals surface area contributed by atoms with Crippen LogP contribution < -0.4 is 0 Å². The fraction of sp³-hybridized carbons (Fsp3) is 0.143. The summed E-state index contributed by atoms with van der Waals surface area (Å²) in [5, 5.41) is 9.20. The van der Waals surface area contributed by atoms with Gasteiger partial charge in [0.05, 0.1) is 6.54 Å². The Labute approximate surface area is 124 Å². The molecular weight excluding hydrogens is 322 g/mol. The topological polar surface area (TPSA) is 33.6 Å². The number of aromatic nitrogens is 3. The van der Waals surface area contributed by atoms with E-state index in [1.807, 2.05) is 4.57 Å². The van der Waals surface area contributed by atoms with Crippen molar-refractivity contribution in [2.45, 2.75) is 13.5 Å². The average molecular weight is 334 g/mol. The number of aryl methyl sites for hydroxylation is 1. The van der Waals surface area contributed by atoms with E-state index >= 15 is 0 Å². The Kier molecular flexibility index (Phi) is 3.24. The van der Waals surface area contributed by atoms with Gasteiger partial charge < -0.3 is 4.57 Å². The number of H-pyrrole nitrogens is 1. The molecule has 0 fully saturated rings. The maximum atomic E-state index is 5.19. The van der Waals surface area contributed by atoms with Crippen molar-refractivity contribution in [3.05, 3.63) is 57.0 Å². The fourth-order valence-electron chi connectivity index (χ4n) is 2.19. The molecule has 0 amide bonds.